The summed E-state index contributed by atoms with van der Waals surface area (Å²) in [4.78, 5) is 1.43. The molecule has 18 heavy (non-hydrogen) atoms. The molecule has 0 aliphatic heterocycles. The molecule has 1 N–H and O–H groups in total. The predicted molar refractivity (Wildman–Crippen MR) is 81.1 cm³/mol. The molecule has 1 aliphatic rings. The SMILES string of the molecule is CC(C)(C)NCc1ccc(SC2CCCC2)cc1. The van der Waals surface area contributed by atoms with E-state index in [1.165, 1.54) is 36.1 Å². The molecule has 0 unspecified atom stereocenters. The number of rotatable bonds is 4. The number of nitrogens with one attached hydrogen (secondary N) is 1. The van der Waals surface area contributed by atoms with Crippen LogP contribution in [-0.4, -0.2) is 10.8 Å². The summed E-state index contributed by atoms with van der Waals surface area (Å²) in [5.74, 6) is 0. The topological polar surface area (TPSA) is 12.0 Å². The first-order valence-corrected chi connectivity index (χ1v) is 7.91. The maximum Gasteiger partial charge on any atom is 0.0210 e. The first-order chi connectivity index (χ1) is 8.53. The summed E-state index contributed by atoms with van der Waals surface area (Å²) in [7, 11) is 0. The third kappa shape index (κ3) is 4.66. The van der Waals surface area contributed by atoms with E-state index in [0.29, 0.717) is 0 Å². The summed E-state index contributed by atoms with van der Waals surface area (Å²) in [5.41, 5.74) is 1.57. The third-order valence-electron chi connectivity index (χ3n) is 3.35. The average molecular weight is 263 g/mol. The molecule has 1 aromatic rings. The van der Waals surface area contributed by atoms with Gasteiger partial charge in [-0.05, 0) is 51.3 Å². The fourth-order valence-electron chi connectivity index (χ4n) is 2.25. The molecule has 1 fully saturated rings. The molecule has 1 nitrogen and oxygen atoms in total. The quantitative estimate of drug-likeness (QED) is 0.851. The minimum absolute atomic E-state index is 0.192. The van der Waals surface area contributed by atoms with Gasteiger partial charge in [0, 0.05) is 22.2 Å². The second-order valence-corrected chi connectivity index (χ2v) is 7.65. The molecule has 1 aromatic carbocycles. The first kappa shape index (κ1) is 14.0. The lowest BCUT2D eigenvalue weighted by molar-refractivity contribution is 0.424. The van der Waals surface area contributed by atoms with Crippen LogP contribution in [0.15, 0.2) is 29.2 Å². The van der Waals surface area contributed by atoms with E-state index in [4.69, 9.17) is 0 Å². The van der Waals surface area contributed by atoms with Gasteiger partial charge in [-0.25, -0.2) is 0 Å². The molecular formula is C16H25NS. The van der Waals surface area contributed by atoms with Crippen molar-refractivity contribution < 1.29 is 0 Å². The summed E-state index contributed by atoms with van der Waals surface area (Å²) in [6.45, 7) is 7.57. The second kappa shape index (κ2) is 6.12. The van der Waals surface area contributed by atoms with Crippen LogP contribution in [0.5, 0.6) is 0 Å². The first-order valence-electron chi connectivity index (χ1n) is 7.03. The molecule has 1 aliphatic carbocycles. The average Bonchev–Trinajstić information content (AvgIpc) is 2.80. The Balaban J connectivity index is 1.85. The molecule has 0 spiro atoms. The van der Waals surface area contributed by atoms with Crippen molar-refractivity contribution in [1.29, 1.82) is 0 Å². The highest BCUT2D eigenvalue weighted by Crippen LogP contribution is 2.34. The zero-order valence-corrected chi connectivity index (χ0v) is 12.6. The standard InChI is InChI=1S/C16H25NS/c1-16(2,3)17-12-13-8-10-15(11-9-13)18-14-6-4-5-7-14/h8-11,14,17H,4-7,12H2,1-3H3. The van der Waals surface area contributed by atoms with Crippen molar-refractivity contribution >= 4 is 11.8 Å². The van der Waals surface area contributed by atoms with Crippen LogP contribution >= 0.6 is 11.8 Å². The van der Waals surface area contributed by atoms with Crippen LogP contribution in [0.2, 0.25) is 0 Å². The lowest BCUT2D eigenvalue weighted by Gasteiger charge is -2.20. The number of hydrogen-bond donors (Lipinski definition) is 1. The van der Waals surface area contributed by atoms with Gasteiger partial charge in [-0.1, -0.05) is 25.0 Å². The lowest BCUT2D eigenvalue weighted by Crippen LogP contribution is -2.35. The highest BCUT2D eigenvalue weighted by molar-refractivity contribution is 8.00. The molecule has 0 radical (unpaired) electrons. The second-order valence-electron chi connectivity index (χ2n) is 6.27. The van der Waals surface area contributed by atoms with Crippen LogP contribution in [0, 0.1) is 0 Å². The predicted octanol–water partition coefficient (Wildman–Crippen LogP) is 4.61. The lowest BCUT2D eigenvalue weighted by atomic mass is 10.1. The van der Waals surface area contributed by atoms with Crippen LogP contribution in [0.4, 0.5) is 0 Å². The van der Waals surface area contributed by atoms with Crippen molar-refractivity contribution in [2.75, 3.05) is 0 Å². The van der Waals surface area contributed by atoms with Gasteiger partial charge in [0.2, 0.25) is 0 Å². The van der Waals surface area contributed by atoms with Gasteiger partial charge < -0.3 is 5.32 Å². The van der Waals surface area contributed by atoms with Crippen molar-refractivity contribution in [3.05, 3.63) is 29.8 Å². The summed E-state index contributed by atoms with van der Waals surface area (Å²) >= 11 is 2.06. The third-order valence-corrected chi connectivity index (χ3v) is 4.70. The largest absolute Gasteiger partial charge is 0.308 e. The Bertz CT molecular complexity index is 358. The molecule has 0 saturated heterocycles. The molecule has 0 bridgehead atoms. The Morgan fingerprint density at radius 1 is 1.11 bits per heavy atom. The van der Waals surface area contributed by atoms with E-state index in [-0.39, 0.29) is 5.54 Å². The van der Waals surface area contributed by atoms with Gasteiger partial charge in [0.15, 0.2) is 0 Å². The van der Waals surface area contributed by atoms with Crippen molar-refractivity contribution in [1.82, 2.24) is 5.32 Å². The van der Waals surface area contributed by atoms with Gasteiger partial charge in [-0.2, -0.15) is 0 Å². The smallest absolute Gasteiger partial charge is 0.0210 e. The maximum atomic E-state index is 3.52. The minimum Gasteiger partial charge on any atom is -0.308 e. The minimum atomic E-state index is 0.192. The molecule has 0 heterocycles. The molecular weight excluding hydrogens is 238 g/mol. The fourth-order valence-corrected chi connectivity index (χ4v) is 3.50. The summed E-state index contributed by atoms with van der Waals surface area (Å²) in [6.07, 6.45) is 5.65. The maximum absolute atomic E-state index is 3.52. The Kier molecular flexibility index (Phi) is 4.74. The highest BCUT2D eigenvalue weighted by atomic mass is 32.2. The van der Waals surface area contributed by atoms with E-state index < -0.39 is 0 Å². The molecule has 1 saturated carbocycles. The van der Waals surface area contributed by atoms with Gasteiger partial charge in [0.1, 0.15) is 0 Å². The van der Waals surface area contributed by atoms with Gasteiger partial charge in [-0.3, -0.25) is 0 Å². The highest BCUT2D eigenvalue weighted by Gasteiger charge is 2.15. The molecule has 100 valence electrons. The van der Waals surface area contributed by atoms with E-state index in [1.807, 2.05) is 0 Å². The Morgan fingerprint density at radius 3 is 2.28 bits per heavy atom. The van der Waals surface area contributed by atoms with Crippen LogP contribution in [0.1, 0.15) is 52.0 Å². The van der Waals surface area contributed by atoms with Crippen LogP contribution in [0.25, 0.3) is 0 Å². The molecule has 0 atom stereocenters. The molecule has 0 amide bonds. The van der Waals surface area contributed by atoms with Crippen LogP contribution < -0.4 is 5.32 Å². The zero-order chi connectivity index (χ0) is 13.0. The van der Waals surface area contributed by atoms with Crippen LogP contribution in [0.3, 0.4) is 0 Å². The van der Waals surface area contributed by atoms with E-state index in [1.54, 1.807) is 0 Å². The van der Waals surface area contributed by atoms with E-state index >= 15 is 0 Å². The van der Waals surface area contributed by atoms with Gasteiger partial charge in [0.05, 0.1) is 0 Å². The van der Waals surface area contributed by atoms with E-state index in [0.717, 1.165) is 11.8 Å². The summed E-state index contributed by atoms with van der Waals surface area (Å²) < 4.78 is 0. The number of hydrogen-bond acceptors (Lipinski definition) is 2. The van der Waals surface area contributed by atoms with E-state index in [2.05, 4.69) is 62.1 Å². The van der Waals surface area contributed by atoms with E-state index in [9.17, 15) is 0 Å². The van der Waals surface area contributed by atoms with Crippen molar-refractivity contribution in [2.24, 2.45) is 0 Å². The molecule has 2 heteroatoms. The van der Waals surface area contributed by atoms with Crippen molar-refractivity contribution in [3.63, 3.8) is 0 Å². The Hall–Kier alpha value is -0.470. The molecule has 0 aromatic heterocycles. The number of benzene rings is 1. The summed E-state index contributed by atoms with van der Waals surface area (Å²) in [6, 6.07) is 9.08. The Morgan fingerprint density at radius 2 is 1.72 bits per heavy atom. The fraction of sp³-hybridized carbons (Fsp3) is 0.625. The molecule has 2 rings (SSSR count). The monoisotopic (exact) mass is 263 g/mol. The van der Waals surface area contributed by atoms with Crippen LogP contribution in [-0.2, 0) is 6.54 Å². The van der Waals surface area contributed by atoms with Crippen molar-refractivity contribution in [3.8, 4) is 0 Å². The zero-order valence-electron chi connectivity index (χ0n) is 11.8. The van der Waals surface area contributed by atoms with Crippen molar-refractivity contribution in [2.45, 2.75) is 68.7 Å². The number of thioether (sulfide) groups is 1. The summed E-state index contributed by atoms with van der Waals surface area (Å²) in [5, 5.41) is 4.39. The van der Waals surface area contributed by atoms with Gasteiger partial charge in [0.25, 0.3) is 0 Å². The van der Waals surface area contributed by atoms with Gasteiger partial charge >= 0.3 is 0 Å². The normalized spacial score (nSPS) is 17.3. The Labute approximate surface area is 116 Å². The van der Waals surface area contributed by atoms with Gasteiger partial charge in [-0.15, -0.1) is 11.8 Å².